The molecule has 0 aliphatic rings. The molecule has 0 spiro atoms. The second-order valence-corrected chi connectivity index (χ2v) is 6.26. The highest BCUT2D eigenvalue weighted by molar-refractivity contribution is 7.89. The molecule has 0 saturated heterocycles. The van der Waals surface area contributed by atoms with Gasteiger partial charge in [0.15, 0.2) is 0 Å². The number of rotatable bonds is 7. The Morgan fingerprint density at radius 2 is 1.83 bits per heavy atom. The van der Waals surface area contributed by atoms with Gasteiger partial charge in [-0.25, -0.2) is 12.7 Å². The zero-order chi connectivity index (χ0) is 13.6. The van der Waals surface area contributed by atoms with E-state index in [0.29, 0.717) is 17.1 Å². The molecule has 1 aromatic rings. The summed E-state index contributed by atoms with van der Waals surface area (Å²) >= 11 is 0. The number of hydrogen-bond donors (Lipinski definition) is 1. The molecule has 0 unspecified atom stereocenters. The lowest BCUT2D eigenvalue weighted by molar-refractivity contribution is 0.468. The van der Waals surface area contributed by atoms with Crippen molar-refractivity contribution < 1.29 is 8.42 Å². The molecule has 0 amide bonds. The summed E-state index contributed by atoms with van der Waals surface area (Å²) in [7, 11) is -1.77. The van der Waals surface area contributed by atoms with Crippen LogP contribution in [-0.2, 0) is 10.0 Å². The number of benzene rings is 1. The van der Waals surface area contributed by atoms with Crippen molar-refractivity contribution in [3.8, 4) is 0 Å². The molecular weight excluding hydrogens is 248 g/mol. The SMILES string of the molecule is CCCNc1ccccc1S(=O)(=O)N(C)CCC. The molecule has 0 heterocycles. The minimum absolute atomic E-state index is 0.356. The molecule has 0 atom stereocenters. The van der Waals surface area contributed by atoms with Gasteiger partial charge in [0.2, 0.25) is 10.0 Å². The Morgan fingerprint density at radius 3 is 2.44 bits per heavy atom. The first-order chi connectivity index (χ1) is 8.54. The van der Waals surface area contributed by atoms with Gasteiger partial charge in [0.1, 0.15) is 4.90 Å². The van der Waals surface area contributed by atoms with Crippen LogP contribution < -0.4 is 5.32 Å². The highest BCUT2D eigenvalue weighted by Crippen LogP contribution is 2.23. The molecule has 1 rings (SSSR count). The van der Waals surface area contributed by atoms with E-state index in [-0.39, 0.29) is 0 Å². The Bertz CT molecular complexity index is 472. The number of anilines is 1. The third-order valence-electron chi connectivity index (χ3n) is 2.68. The number of para-hydroxylation sites is 1. The van der Waals surface area contributed by atoms with Crippen molar-refractivity contribution in [1.29, 1.82) is 0 Å². The van der Waals surface area contributed by atoms with E-state index < -0.39 is 10.0 Å². The first-order valence-corrected chi connectivity index (χ1v) is 7.77. The predicted molar refractivity (Wildman–Crippen MR) is 75.3 cm³/mol. The van der Waals surface area contributed by atoms with Gasteiger partial charge in [-0.3, -0.25) is 0 Å². The van der Waals surface area contributed by atoms with Gasteiger partial charge >= 0.3 is 0 Å². The minimum Gasteiger partial charge on any atom is -0.384 e. The monoisotopic (exact) mass is 270 g/mol. The van der Waals surface area contributed by atoms with E-state index >= 15 is 0 Å². The highest BCUT2D eigenvalue weighted by Gasteiger charge is 2.22. The van der Waals surface area contributed by atoms with Crippen molar-refractivity contribution in [2.75, 3.05) is 25.5 Å². The van der Waals surface area contributed by atoms with Crippen molar-refractivity contribution in [3.05, 3.63) is 24.3 Å². The van der Waals surface area contributed by atoms with Crippen LogP contribution in [0.25, 0.3) is 0 Å². The number of sulfonamides is 1. The summed E-state index contributed by atoms with van der Waals surface area (Å²) in [5.74, 6) is 0. The lowest BCUT2D eigenvalue weighted by Crippen LogP contribution is -2.28. The van der Waals surface area contributed by atoms with Crippen LogP contribution in [0, 0.1) is 0 Å². The summed E-state index contributed by atoms with van der Waals surface area (Å²) in [6.07, 6.45) is 1.76. The van der Waals surface area contributed by atoms with Gasteiger partial charge in [-0.2, -0.15) is 0 Å². The molecule has 18 heavy (non-hydrogen) atoms. The fourth-order valence-corrected chi connectivity index (χ4v) is 3.13. The van der Waals surface area contributed by atoms with E-state index in [1.54, 1.807) is 19.2 Å². The van der Waals surface area contributed by atoms with Crippen LogP contribution >= 0.6 is 0 Å². The molecule has 4 nitrogen and oxygen atoms in total. The summed E-state index contributed by atoms with van der Waals surface area (Å²) in [5, 5.41) is 3.16. The fraction of sp³-hybridized carbons (Fsp3) is 0.538. The summed E-state index contributed by atoms with van der Waals surface area (Å²) in [6.45, 7) is 5.31. The van der Waals surface area contributed by atoms with Crippen molar-refractivity contribution >= 4 is 15.7 Å². The maximum absolute atomic E-state index is 12.4. The summed E-state index contributed by atoms with van der Waals surface area (Å²) in [4.78, 5) is 0.356. The second-order valence-electron chi connectivity index (χ2n) is 4.25. The molecule has 0 aliphatic carbocycles. The average Bonchev–Trinajstić information content (AvgIpc) is 2.37. The zero-order valence-corrected chi connectivity index (χ0v) is 12.1. The first kappa shape index (κ1) is 15.0. The fourth-order valence-electron chi connectivity index (χ4n) is 1.70. The van der Waals surface area contributed by atoms with Gasteiger partial charge in [-0.15, -0.1) is 0 Å². The van der Waals surface area contributed by atoms with E-state index in [1.165, 1.54) is 4.31 Å². The summed E-state index contributed by atoms with van der Waals surface area (Å²) < 4.78 is 26.2. The number of hydrogen-bond acceptors (Lipinski definition) is 3. The molecule has 1 aromatic carbocycles. The van der Waals surface area contributed by atoms with Gasteiger partial charge in [0.25, 0.3) is 0 Å². The molecule has 0 saturated carbocycles. The predicted octanol–water partition coefficient (Wildman–Crippen LogP) is 2.54. The zero-order valence-electron chi connectivity index (χ0n) is 11.3. The molecule has 0 aliphatic heterocycles. The van der Waals surface area contributed by atoms with E-state index in [9.17, 15) is 8.42 Å². The van der Waals surface area contributed by atoms with Crippen molar-refractivity contribution in [2.45, 2.75) is 31.6 Å². The van der Waals surface area contributed by atoms with Crippen LogP contribution in [0.5, 0.6) is 0 Å². The van der Waals surface area contributed by atoms with Crippen molar-refractivity contribution in [2.24, 2.45) is 0 Å². The molecule has 1 N–H and O–H groups in total. The molecule has 102 valence electrons. The van der Waals surface area contributed by atoms with Crippen LogP contribution in [0.15, 0.2) is 29.2 Å². The van der Waals surface area contributed by atoms with Crippen LogP contribution in [0.2, 0.25) is 0 Å². The Morgan fingerprint density at radius 1 is 1.17 bits per heavy atom. The first-order valence-electron chi connectivity index (χ1n) is 6.33. The van der Waals surface area contributed by atoms with Gasteiger partial charge in [0, 0.05) is 20.1 Å². The normalized spacial score (nSPS) is 11.8. The topological polar surface area (TPSA) is 49.4 Å². The molecule has 0 bridgehead atoms. The minimum atomic E-state index is -3.39. The molecule has 0 aromatic heterocycles. The van der Waals surface area contributed by atoms with E-state index in [4.69, 9.17) is 0 Å². The summed E-state index contributed by atoms with van der Waals surface area (Å²) in [5.41, 5.74) is 0.683. The van der Waals surface area contributed by atoms with Crippen molar-refractivity contribution in [3.63, 3.8) is 0 Å². The lowest BCUT2D eigenvalue weighted by Gasteiger charge is -2.19. The Kier molecular flexibility index (Phi) is 5.62. The Balaban J connectivity index is 3.07. The van der Waals surface area contributed by atoms with Gasteiger partial charge < -0.3 is 5.32 Å². The van der Waals surface area contributed by atoms with Gasteiger partial charge in [0.05, 0.1) is 5.69 Å². The van der Waals surface area contributed by atoms with Crippen molar-refractivity contribution in [1.82, 2.24) is 4.31 Å². The largest absolute Gasteiger partial charge is 0.384 e. The maximum Gasteiger partial charge on any atom is 0.244 e. The third-order valence-corrected chi connectivity index (χ3v) is 4.59. The molecular formula is C13H22N2O2S. The third kappa shape index (κ3) is 3.46. The van der Waals surface area contributed by atoms with Crippen LogP contribution in [-0.4, -0.2) is 32.9 Å². The average molecular weight is 270 g/mol. The van der Waals surface area contributed by atoms with Crippen LogP contribution in [0.1, 0.15) is 26.7 Å². The molecule has 0 fully saturated rings. The quantitative estimate of drug-likeness (QED) is 0.828. The second kappa shape index (κ2) is 6.75. The molecule has 0 radical (unpaired) electrons. The van der Waals surface area contributed by atoms with Crippen LogP contribution in [0.3, 0.4) is 0 Å². The summed E-state index contributed by atoms with van der Waals surface area (Å²) in [6, 6.07) is 7.06. The van der Waals surface area contributed by atoms with Gasteiger partial charge in [-0.1, -0.05) is 26.0 Å². The highest BCUT2D eigenvalue weighted by atomic mass is 32.2. The van der Waals surface area contributed by atoms with E-state index in [2.05, 4.69) is 5.32 Å². The number of nitrogens with one attached hydrogen (secondary N) is 1. The maximum atomic E-state index is 12.4. The van der Waals surface area contributed by atoms with Crippen LogP contribution in [0.4, 0.5) is 5.69 Å². The number of nitrogens with zero attached hydrogens (tertiary/aromatic N) is 1. The Hall–Kier alpha value is -1.07. The lowest BCUT2D eigenvalue weighted by atomic mass is 10.3. The molecule has 5 heteroatoms. The Labute approximate surface area is 110 Å². The standard InChI is InChI=1S/C13H22N2O2S/c1-4-10-14-12-8-6-7-9-13(12)18(16,17)15(3)11-5-2/h6-9,14H,4-5,10-11H2,1-3H3. The van der Waals surface area contributed by atoms with E-state index in [1.807, 2.05) is 26.0 Å². The van der Waals surface area contributed by atoms with Gasteiger partial charge in [-0.05, 0) is 25.0 Å². The van der Waals surface area contributed by atoms with E-state index in [0.717, 1.165) is 19.4 Å². The smallest absolute Gasteiger partial charge is 0.244 e.